The predicted molar refractivity (Wildman–Crippen MR) is 95.2 cm³/mol. The molecule has 1 aromatic rings. The van der Waals surface area contributed by atoms with E-state index in [2.05, 4.69) is 21.9 Å². The van der Waals surface area contributed by atoms with E-state index >= 15 is 0 Å². The summed E-state index contributed by atoms with van der Waals surface area (Å²) in [4.78, 5) is 26.4. The molecule has 1 amide bonds. The van der Waals surface area contributed by atoms with Crippen LogP contribution in [0.15, 0.2) is 6.07 Å². The minimum absolute atomic E-state index is 0.0941. The maximum Gasteiger partial charge on any atom is 0.272 e. The van der Waals surface area contributed by atoms with Crippen molar-refractivity contribution in [1.82, 2.24) is 19.8 Å². The zero-order valence-electron chi connectivity index (χ0n) is 15.1. The summed E-state index contributed by atoms with van der Waals surface area (Å²) < 4.78 is 0. The molecule has 3 rings (SSSR count). The lowest BCUT2D eigenvalue weighted by Gasteiger charge is -2.29. The second-order valence-corrected chi connectivity index (χ2v) is 7.36. The Morgan fingerprint density at radius 2 is 1.62 bits per heavy atom. The second kappa shape index (κ2) is 8.06. The number of aryl methyl sites for hydroxylation is 1. The highest BCUT2D eigenvalue weighted by molar-refractivity contribution is 5.92. The van der Waals surface area contributed by atoms with Crippen LogP contribution in [-0.4, -0.2) is 58.9 Å². The minimum Gasteiger partial charge on any atom is -0.337 e. The number of hydrogen-bond donors (Lipinski definition) is 0. The van der Waals surface area contributed by atoms with Gasteiger partial charge in [-0.1, -0.05) is 19.3 Å². The van der Waals surface area contributed by atoms with Crippen LogP contribution in [0.5, 0.6) is 0 Å². The summed E-state index contributed by atoms with van der Waals surface area (Å²) >= 11 is 0. The van der Waals surface area contributed by atoms with Crippen molar-refractivity contribution < 1.29 is 4.79 Å². The van der Waals surface area contributed by atoms with Gasteiger partial charge in [-0.3, -0.25) is 4.79 Å². The monoisotopic (exact) mass is 330 g/mol. The van der Waals surface area contributed by atoms with E-state index in [9.17, 15) is 4.79 Å². The van der Waals surface area contributed by atoms with Crippen LogP contribution < -0.4 is 0 Å². The molecule has 5 heteroatoms. The summed E-state index contributed by atoms with van der Waals surface area (Å²) in [5.74, 6) is 1.28. The molecule has 2 fully saturated rings. The van der Waals surface area contributed by atoms with Crippen LogP contribution in [0.25, 0.3) is 0 Å². The third-order valence-electron chi connectivity index (χ3n) is 5.36. The van der Waals surface area contributed by atoms with Crippen LogP contribution in [0.3, 0.4) is 0 Å². The number of amides is 1. The Kier molecular flexibility index (Phi) is 5.82. The van der Waals surface area contributed by atoms with Gasteiger partial charge in [0.25, 0.3) is 5.91 Å². The van der Waals surface area contributed by atoms with Crippen molar-refractivity contribution in [1.29, 1.82) is 0 Å². The molecule has 2 aliphatic rings. The molecule has 1 aromatic heterocycles. The van der Waals surface area contributed by atoms with E-state index in [1.807, 2.05) is 17.9 Å². The lowest BCUT2D eigenvalue weighted by molar-refractivity contribution is 0.0735. The minimum atomic E-state index is 0.0941. The third-order valence-corrected chi connectivity index (χ3v) is 5.36. The van der Waals surface area contributed by atoms with Crippen molar-refractivity contribution in [2.75, 3.05) is 33.2 Å². The van der Waals surface area contributed by atoms with Crippen molar-refractivity contribution in [3.05, 3.63) is 23.3 Å². The fourth-order valence-electron chi connectivity index (χ4n) is 3.83. The number of nitrogens with zero attached hydrogens (tertiary/aromatic N) is 4. The van der Waals surface area contributed by atoms with Gasteiger partial charge in [0.15, 0.2) is 0 Å². The van der Waals surface area contributed by atoms with E-state index in [4.69, 9.17) is 0 Å². The number of carbonyl (C=O) groups is 1. The number of carbonyl (C=O) groups excluding carboxylic acids is 1. The fraction of sp³-hybridized carbons (Fsp3) is 0.737. The van der Waals surface area contributed by atoms with Crippen LogP contribution >= 0.6 is 0 Å². The Labute approximate surface area is 145 Å². The average Bonchev–Trinajstić information content (AvgIpc) is 2.54. The molecule has 5 nitrogen and oxygen atoms in total. The molecule has 0 unspecified atom stereocenters. The van der Waals surface area contributed by atoms with Crippen LogP contribution in [-0.2, 0) is 0 Å². The largest absolute Gasteiger partial charge is 0.337 e. The molecule has 0 aliphatic carbocycles. The van der Waals surface area contributed by atoms with Crippen LogP contribution in [0, 0.1) is 6.92 Å². The molecule has 2 aliphatic heterocycles. The van der Waals surface area contributed by atoms with Crippen molar-refractivity contribution in [3.63, 3.8) is 0 Å². The van der Waals surface area contributed by atoms with Gasteiger partial charge in [-0.2, -0.15) is 0 Å². The molecule has 0 radical (unpaired) electrons. The van der Waals surface area contributed by atoms with Crippen molar-refractivity contribution >= 4 is 5.91 Å². The second-order valence-electron chi connectivity index (χ2n) is 7.36. The standard InChI is InChI=1S/C19H30N4O/c1-15-20-17(16-8-12-22(2)13-9-16)14-18(21-15)19(24)23-10-6-4-3-5-7-11-23/h14,16H,3-13H2,1-2H3. The summed E-state index contributed by atoms with van der Waals surface area (Å²) in [6.45, 7) is 5.84. The number of likely N-dealkylation sites (tertiary alicyclic amines) is 2. The molecule has 132 valence electrons. The summed E-state index contributed by atoms with van der Waals surface area (Å²) in [7, 11) is 2.16. The quantitative estimate of drug-likeness (QED) is 0.836. The van der Waals surface area contributed by atoms with E-state index < -0.39 is 0 Å². The first-order valence-electron chi connectivity index (χ1n) is 9.47. The van der Waals surface area contributed by atoms with Crippen LogP contribution in [0.1, 0.15) is 72.9 Å². The number of hydrogen-bond acceptors (Lipinski definition) is 4. The normalized spacial score (nSPS) is 21.3. The molecule has 0 spiro atoms. The summed E-state index contributed by atoms with van der Waals surface area (Å²) in [6, 6.07) is 1.96. The zero-order chi connectivity index (χ0) is 16.9. The zero-order valence-corrected chi connectivity index (χ0v) is 15.1. The van der Waals surface area contributed by atoms with Crippen molar-refractivity contribution in [2.24, 2.45) is 0 Å². The SMILES string of the molecule is Cc1nc(C(=O)N2CCCCCCC2)cc(C2CCN(C)CC2)n1. The van der Waals surface area contributed by atoms with E-state index in [1.54, 1.807) is 0 Å². The Balaban J connectivity index is 1.75. The Hall–Kier alpha value is -1.49. The Morgan fingerprint density at radius 1 is 1.00 bits per heavy atom. The van der Waals surface area contributed by atoms with Crippen LogP contribution in [0.4, 0.5) is 0 Å². The molecule has 2 saturated heterocycles. The molecular formula is C19H30N4O. The highest BCUT2D eigenvalue weighted by Crippen LogP contribution is 2.26. The lowest BCUT2D eigenvalue weighted by Crippen LogP contribution is -2.35. The van der Waals surface area contributed by atoms with E-state index in [1.165, 1.54) is 19.3 Å². The predicted octanol–water partition coefficient (Wildman–Crippen LogP) is 3.00. The van der Waals surface area contributed by atoms with Gasteiger partial charge in [0, 0.05) is 24.7 Å². The van der Waals surface area contributed by atoms with Gasteiger partial charge < -0.3 is 9.80 Å². The number of aromatic nitrogens is 2. The van der Waals surface area contributed by atoms with E-state index in [-0.39, 0.29) is 5.91 Å². The molecule has 0 saturated carbocycles. The molecule has 24 heavy (non-hydrogen) atoms. The first-order chi connectivity index (χ1) is 11.6. The Morgan fingerprint density at radius 3 is 2.29 bits per heavy atom. The summed E-state index contributed by atoms with van der Waals surface area (Å²) in [5.41, 5.74) is 1.66. The topological polar surface area (TPSA) is 49.3 Å². The third kappa shape index (κ3) is 4.32. The van der Waals surface area contributed by atoms with Gasteiger partial charge in [-0.15, -0.1) is 0 Å². The first kappa shape index (κ1) is 17.3. The summed E-state index contributed by atoms with van der Waals surface area (Å²) in [6.07, 6.45) is 8.21. The van der Waals surface area contributed by atoms with Gasteiger partial charge in [0.05, 0.1) is 0 Å². The molecule has 0 N–H and O–H groups in total. The number of piperidine rings is 1. The van der Waals surface area contributed by atoms with E-state index in [0.717, 1.165) is 63.4 Å². The van der Waals surface area contributed by atoms with Crippen LogP contribution in [0.2, 0.25) is 0 Å². The van der Waals surface area contributed by atoms with Gasteiger partial charge >= 0.3 is 0 Å². The molecule has 0 atom stereocenters. The smallest absolute Gasteiger partial charge is 0.272 e. The van der Waals surface area contributed by atoms with Crippen molar-refractivity contribution in [2.45, 2.75) is 57.8 Å². The maximum atomic E-state index is 12.9. The molecule has 0 bridgehead atoms. The van der Waals surface area contributed by atoms with Gasteiger partial charge in [0.2, 0.25) is 0 Å². The maximum absolute atomic E-state index is 12.9. The summed E-state index contributed by atoms with van der Waals surface area (Å²) in [5, 5.41) is 0. The van der Waals surface area contributed by atoms with Crippen molar-refractivity contribution in [3.8, 4) is 0 Å². The highest BCUT2D eigenvalue weighted by atomic mass is 16.2. The highest BCUT2D eigenvalue weighted by Gasteiger charge is 2.23. The van der Waals surface area contributed by atoms with Gasteiger partial charge in [-0.25, -0.2) is 9.97 Å². The average molecular weight is 330 g/mol. The molecule has 0 aromatic carbocycles. The lowest BCUT2D eigenvalue weighted by atomic mass is 9.93. The Bertz CT molecular complexity index is 558. The number of rotatable bonds is 2. The molecular weight excluding hydrogens is 300 g/mol. The van der Waals surface area contributed by atoms with Gasteiger partial charge in [-0.05, 0) is 58.8 Å². The van der Waals surface area contributed by atoms with E-state index in [0.29, 0.717) is 11.6 Å². The first-order valence-corrected chi connectivity index (χ1v) is 9.47. The molecule has 3 heterocycles. The van der Waals surface area contributed by atoms with Gasteiger partial charge in [0.1, 0.15) is 11.5 Å². The fourth-order valence-corrected chi connectivity index (χ4v) is 3.83.